The smallest absolute Gasteiger partial charge is 0.267 e. The van der Waals surface area contributed by atoms with Gasteiger partial charge < -0.3 is 15.2 Å². The normalized spacial score (nSPS) is 10.4. The number of halogens is 2. The van der Waals surface area contributed by atoms with Gasteiger partial charge in [0, 0.05) is 11.6 Å². The number of amides is 1. The van der Waals surface area contributed by atoms with E-state index in [0.29, 0.717) is 16.9 Å². The van der Waals surface area contributed by atoms with Gasteiger partial charge in [-0.05, 0) is 23.8 Å². The molecule has 1 aromatic carbocycles. The van der Waals surface area contributed by atoms with E-state index >= 15 is 0 Å². The van der Waals surface area contributed by atoms with E-state index in [1.165, 1.54) is 36.7 Å². The average Bonchev–Trinajstić information content (AvgIpc) is 2.66. The number of aromatic nitrogens is 2. The Hall–Kier alpha value is -3.55. The van der Waals surface area contributed by atoms with Crippen molar-refractivity contribution in [3.05, 3.63) is 72.3 Å². The van der Waals surface area contributed by atoms with Gasteiger partial charge >= 0.3 is 0 Å². The summed E-state index contributed by atoms with van der Waals surface area (Å²) in [5, 5.41) is 0. The molecule has 3 aromatic rings. The van der Waals surface area contributed by atoms with Crippen molar-refractivity contribution < 1.29 is 23.0 Å². The lowest BCUT2D eigenvalue weighted by Gasteiger charge is -2.13. The van der Waals surface area contributed by atoms with Gasteiger partial charge in [0.15, 0.2) is 0 Å². The zero-order valence-corrected chi connectivity index (χ0v) is 14.1. The lowest BCUT2D eigenvalue weighted by molar-refractivity contribution is 0.0995. The summed E-state index contributed by atoms with van der Waals surface area (Å²) in [4.78, 5) is 19.0. The van der Waals surface area contributed by atoms with E-state index in [9.17, 15) is 13.6 Å². The van der Waals surface area contributed by atoms with E-state index in [4.69, 9.17) is 15.2 Å². The summed E-state index contributed by atoms with van der Waals surface area (Å²) in [6, 6.07) is 8.38. The number of ether oxygens (including phenoxy) is 2. The fraction of sp³-hybridized carbons (Fsp3) is 0.105. The van der Waals surface area contributed by atoms with E-state index in [2.05, 4.69) is 9.97 Å². The first-order valence-corrected chi connectivity index (χ1v) is 7.95. The Morgan fingerprint density at radius 1 is 0.963 bits per heavy atom. The molecule has 1 amide bonds. The van der Waals surface area contributed by atoms with Crippen LogP contribution in [-0.2, 0) is 0 Å². The van der Waals surface area contributed by atoms with Crippen LogP contribution in [-0.4, -0.2) is 29.1 Å². The minimum atomic E-state index is -0.688. The second-order valence-corrected chi connectivity index (χ2v) is 5.47. The van der Waals surface area contributed by atoms with Gasteiger partial charge in [-0.25, -0.2) is 13.8 Å². The van der Waals surface area contributed by atoms with Crippen molar-refractivity contribution in [2.45, 2.75) is 0 Å². The second-order valence-electron chi connectivity index (χ2n) is 5.47. The van der Waals surface area contributed by atoms with Crippen LogP contribution in [0.25, 0.3) is 11.1 Å². The molecule has 6 nitrogen and oxygen atoms in total. The largest absolute Gasteiger partial charge is 0.488 e. The molecule has 3 rings (SSSR count). The van der Waals surface area contributed by atoms with Crippen molar-refractivity contribution in [1.82, 2.24) is 9.97 Å². The molecule has 8 heteroatoms. The predicted molar refractivity (Wildman–Crippen MR) is 93.3 cm³/mol. The zero-order valence-electron chi connectivity index (χ0n) is 14.1. The molecule has 27 heavy (non-hydrogen) atoms. The van der Waals surface area contributed by atoms with Crippen molar-refractivity contribution >= 4 is 5.91 Å². The minimum absolute atomic E-state index is 0.0590. The molecule has 138 valence electrons. The fourth-order valence-electron chi connectivity index (χ4n) is 2.33. The average molecular weight is 371 g/mol. The van der Waals surface area contributed by atoms with Crippen LogP contribution >= 0.6 is 0 Å². The monoisotopic (exact) mass is 371 g/mol. The van der Waals surface area contributed by atoms with Gasteiger partial charge in [-0.1, -0.05) is 12.1 Å². The van der Waals surface area contributed by atoms with Gasteiger partial charge in [0.25, 0.3) is 5.91 Å². The van der Waals surface area contributed by atoms with Gasteiger partial charge in [-0.15, -0.1) is 0 Å². The minimum Gasteiger partial charge on any atom is -0.488 e. The van der Waals surface area contributed by atoms with Crippen molar-refractivity contribution in [3.8, 4) is 22.6 Å². The lowest BCUT2D eigenvalue weighted by Crippen LogP contribution is -2.14. The van der Waals surface area contributed by atoms with Crippen LogP contribution in [0.2, 0.25) is 0 Å². The topological polar surface area (TPSA) is 87.3 Å². The Balaban J connectivity index is 1.74. The first-order valence-electron chi connectivity index (χ1n) is 7.95. The molecule has 0 atom stereocenters. The Morgan fingerprint density at radius 3 is 2.41 bits per heavy atom. The van der Waals surface area contributed by atoms with Crippen LogP contribution in [0.1, 0.15) is 10.5 Å². The highest BCUT2D eigenvalue weighted by molar-refractivity contribution is 5.92. The molecule has 2 aromatic heterocycles. The quantitative estimate of drug-likeness (QED) is 0.645. The van der Waals surface area contributed by atoms with Crippen LogP contribution in [0.15, 0.2) is 55.0 Å². The second kappa shape index (κ2) is 8.22. The molecule has 2 heterocycles. The number of carbonyl (C=O) groups is 1. The van der Waals surface area contributed by atoms with Gasteiger partial charge in [-0.3, -0.25) is 9.78 Å². The van der Waals surface area contributed by atoms with Crippen molar-refractivity contribution in [2.24, 2.45) is 5.73 Å². The van der Waals surface area contributed by atoms with Crippen molar-refractivity contribution in [1.29, 1.82) is 0 Å². The molecule has 0 saturated heterocycles. The molecular weight excluding hydrogens is 356 g/mol. The van der Waals surface area contributed by atoms with Crippen LogP contribution in [0, 0.1) is 11.6 Å². The molecule has 0 unspecified atom stereocenters. The predicted octanol–water partition coefficient (Wildman–Crippen LogP) is 2.98. The molecule has 0 saturated carbocycles. The number of nitrogens with two attached hydrogens (primary N) is 1. The molecule has 0 radical (unpaired) electrons. The number of hydrogen-bond acceptors (Lipinski definition) is 5. The van der Waals surface area contributed by atoms with E-state index in [-0.39, 0.29) is 30.5 Å². The summed E-state index contributed by atoms with van der Waals surface area (Å²) in [7, 11) is 0. The molecule has 0 aliphatic carbocycles. The number of pyridine rings is 2. The van der Waals surface area contributed by atoms with E-state index in [1.54, 1.807) is 12.1 Å². The van der Waals surface area contributed by atoms with Crippen LogP contribution in [0.5, 0.6) is 11.5 Å². The van der Waals surface area contributed by atoms with Crippen LogP contribution in [0.3, 0.4) is 0 Å². The highest BCUT2D eigenvalue weighted by Gasteiger charge is 2.12. The SMILES string of the molecule is NC(=O)c1cc(-c2ccc(F)cc2)c(OCCOc2cncc(F)c2)cn1. The van der Waals surface area contributed by atoms with Crippen LogP contribution in [0.4, 0.5) is 8.78 Å². The van der Waals surface area contributed by atoms with Gasteiger partial charge in [0.1, 0.15) is 42.0 Å². The molecule has 0 aliphatic heterocycles. The third-order valence-electron chi connectivity index (χ3n) is 3.56. The molecule has 2 N–H and O–H groups in total. The Bertz CT molecular complexity index is 949. The molecule has 0 spiro atoms. The molecule has 0 fully saturated rings. The number of hydrogen-bond donors (Lipinski definition) is 1. The van der Waals surface area contributed by atoms with Gasteiger partial charge in [0.05, 0.1) is 18.6 Å². The molecule has 0 bridgehead atoms. The van der Waals surface area contributed by atoms with E-state index in [1.807, 2.05) is 0 Å². The molecular formula is C19H15F2N3O3. The maximum atomic E-state index is 13.2. The first-order chi connectivity index (χ1) is 13.0. The van der Waals surface area contributed by atoms with E-state index < -0.39 is 11.7 Å². The van der Waals surface area contributed by atoms with Gasteiger partial charge in [-0.2, -0.15) is 0 Å². The summed E-state index contributed by atoms with van der Waals surface area (Å²) >= 11 is 0. The third kappa shape index (κ3) is 4.75. The molecule has 0 aliphatic rings. The van der Waals surface area contributed by atoms with Crippen LogP contribution < -0.4 is 15.2 Å². The maximum Gasteiger partial charge on any atom is 0.267 e. The Kier molecular flexibility index (Phi) is 5.55. The number of benzene rings is 1. The summed E-state index contributed by atoms with van der Waals surface area (Å²) < 4.78 is 37.3. The van der Waals surface area contributed by atoms with E-state index in [0.717, 1.165) is 6.20 Å². The highest BCUT2D eigenvalue weighted by atomic mass is 19.1. The number of carbonyl (C=O) groups excluding carboxylic acids is 1. The standard InChI is InChI=1S/C19H15F2N3O3/c20-13-3-1-12(2-4-13)16-8-17(19(22)25)24-11-18(16)27-6-5-26-15-7-14(21)9-23-10-15/h1-4,7-11H,5-6H2,(H2,22,25). The maximum absolute atomic E-state index is 13.2. The lowest BCUT2D eigenvalue weighted by atomic mass is 10.0. The van der Waals surface area contributed by atoms with Crippen molar-refractivity contribution in [3.63, 3.8) is 0 Å². The van der Waals surface area contributed by atoms with Gasteiger partial charge in [0.2, 0.25) is 0 Å². The number of nitrogens with zero attached hydrogens (tertiary/aromatic N) is 2. The summed E-state index contributed by atoms with van der Waals surface area (Å²) in [5.74, 6) is -0.931. The number of primary amides is 1. The Morgan fingerprint density at radius 2 is 1.70 bits per heavy atom. The Labute approximate surface area is 153 Å². The first kappa shape index (κ1) is 18.2. The third-order valence-corrected chi connectivity index (χ3v) is 3.56. The summed E-state index contributed by atoms with van der Waals surface area (Å²) in [6.07, 6.45) is 3.82. The fourth-order valence-corrected chi connectivity index (χ4v) is 2.33. The highest BCUT2D eigenvalue weighted by Crippen LogP contribution is 2.30. The number of rotatable bonds is 7. The summed E-state index contributed by atoms with van der Waals surface area (Å²) in [5.41, 5.74) is 6.50. The summed E-state index contributed by atoms with van der Waals surface area (Å²) in [6.45, 7) is 0.258. The van der Waals surface area contributed by atoms with Crippen molar-refractivity contribution in [2.75, 3.05) is 13.2 Å². The zero-order chi connectivity index (χ0) is 19.2.